The van der Waals surface area contributed by atoms with E-state index in [1.165, 1.54) is 30.8 Å². The number of nitrogens with two attached hydrogens (primary N) is 1. The van der Waals surface area contributed by atoms with E-state index in [4.69, 9.17) is 5.73 Å². The highest BCUT2D eigenvalue weighted by Crippen LogP contribution is 2.26. The van der Waals surface area contributed by atoms with Gasteiger partial charge in [0.05, 0.1) is 0 Å². The first kappa shape index (κ1) is 11.3. The summed E-state index contributed by atoms with van der Waals surface area (Å²) in [7, 11) is 0. The molecule has 1 aliphatic rings. The van der Waals surface area contributed by atoms with Crippen molar-refractivity contribution in [3.05, 3.63) is 0 Å². The Kier molecular flexibility index (Phi) is 4.56. The summed E-state index contributed by atoms with van der Waals surface area (Å²) >= 11 is 2.05. The average molecular weight is 202 g/mol. The molecule has 1 heterocycles. The van der Waals surface area contributed by atoms with Gasteiger partial charge in [-0.2, -0.15) is 11.8 Å². The van der Waals surface area contributed by atoms with E-state index in [1.807, 2.05) is 0 Å². The molecule has 0 aromatic rings. The second kappa shape index (κ2) is 5.23. The molecule has 0 radical (unpaired) electrons. The van der Waals surface area contributed by atoms with E-state index < -0.39 is 0 Å². The minimum absolute atomic E-state index is 0.251. The summed E-state index contributed by atoms with van der Waals surface area (Å²) in [4.78, 5) is 0. The molecule has 1 fully saturated rings. The largest absolute Gasteiger partial charge is 0.329 e. The molecule has 3 N–H and O–H groups in total. The van der Waals surface area contributed by atoms with Crippen LogP contribution in [0, 0.1) is 0 Å². The van der Waals surface area contributed by atoms with Crippen molar-refractivity contribution in [2.45, 2.75) is 44.7 Å². The lowest BCUT2D eigenvalue weighted by Gasteiger charge is -2.39. The van der Waals surface area contributed by atoms with Gasteiger partial charge >= 0.3 is 0 Å². The lowest BCUT2D eigenvalue weighted by Crippen LogP contribution is -2.56. The fraction of sp³-hybridized carbons (Fsp3) is 1.00. The van der Waals surface area contributed by atoms with Crippen molar-refractivity contribution in [3.63, 3.8) is 0 Å². The zero-order valence-electron chi connectivity index (χ0n) is 8.81. The third-order valence-electron chi connectivity index (χ3n) is 3.01. The van der Waals surface area contributed by atoms with Gasteiger partial charge in [-0.05, 0) is 37.7 Å². The van der Waals surface area contributed by atoms with Gasteiger partial charge in [-0.1, -0.05) is 6.92 Å². The van der Waals surface area contributed by atoms with Crippen molar-refractivity contribution in [2.24, 2.45) is 5.73 Å². The topological polar surface area (TPSA) is 38.0 Å². The minimum Gasteiger partial charge on any atom is -0.329 e. The van der Waals surface area contributed by atoms with Crippen LogP contribution in [-0.2, 0) is 0 Å². The molecule has 0 bridgehead atoms. The number of hydrogen-bond donors (Lipinski definition) is 2. The molecular weight excluding hydrogens is 180 g/mol. The van der Waals surface area contributed by atoms with Gasteiger partial charge < -0.3 is 11.1 Å². The zero-order chi connectivity index (χ0) is 9.73. The van der Waals surface area contributed by atoms with Crippen molar-refractivity contribution >= 4 is 11.8 Å². The Morgan fingerprint density at radius 1 is 1.46 bits per heavy atom. The average Bonchev–Trinajstić information content (AvgIpc) is 2.19. The molecule has 78 valence electrons. The molecule has 0 saturated carbocycles. The third-order valence-corrected chi connectivity index (χ3v) is 3.99. The maximum absolute atomic E-state index is 5.87. The Balaban J connectivity index is 2.47. The predicted octanol–water partition coefficient (Wildman–Crippen LogP) is 1.60. The summed E-state index contributed by atoms with van der Waals surface area (Å²) in [6.45, 7) is 5.26. The van der Waals surface area contributed by atoms with Gasteiger partial charge in [0.1, 0.15) is 0 Å². The van der Waals surface area contributed by atoms with Gasteiger partial charge in [0, 0.05) is 18.1 Å². The van der Waals surface area contributed by atoms with E-state index in [-0.39, 0.29) is 5.54 Å². The van der Waals surface area contributed by atoms with Crippen molar-refractivity contribution in [1.82, 2.24) is 5.32 Å². The fourth-order valence-electron chi connectivity index (χ4n) is 1.79. The molecule has 0 aliphatic carbocycles. The minimum atomic E-state index is 0.251. The number of rotatable bonds is 4. The van der Waals surface area contributed by atoms with Crippen molar-refractivity contribution in [3.8, 4) is 0 Å². The molecule has 0 amide bonds. The lowest BCUT2D eigenvalue weighted by molar-refractivity contribution is 0.274. The van der Waals surface area contributed by atoms with Crippen LogP contribution in [0.3, 0.4) is 0 Å². The quantitative estimate of drug-likeness (QED) is 0.727. The predicted molar refractivity (Wildman–Crippen MR) is 61.2 cm³/mol. The second-order valence-electron chi connectivity index (χ2n) is 4.05. The summed E-state index contributed by atoms with van der Waals surface area (Å²) in [5, 5.41) is 3.69. The Morgan fingerprint density at radius 3 is 2.54 bits per heavy atom. The molecule has 0 spiro atoms. The molecule has 0 aromatic heterocycles. The summed E-state index contributed by atoms with van der Waals surface area (Å²) in [5.41, 5.74) is 6.12. The van der Waals surface area contributed by atoms with E-state index in [2.05, 4.69) is 30.9 Å². The molecule has 1 saturated heterocycles. The Bertz CT molecular complexity index is 144. The van der Waals surface area contributed by atoms with Gasteiger partial charge in [-0.3, -0.25) is 0 Å². The first-order chi connectivity index (χ1) is 6.22. The van der Waals surface area contributed by atoms with Gasteiger partial charge in [-0.15, -0.1) is 0 Å². The number of nitrogens with one attached hydrogen (secondary N) is 1. The van der Waals surface area contributed by atoms with Gasteiger partial charge in [0.25, 0.3) is 0 Å². The Labute approximate surface area is 86.0 Å². The van der Waals surface area contributed by atoms with Crippen molar-refractivity contribution in [2.75, 3.05) is 18.1 Å². The molecular formula is C10H22N2S. The van der Waals surface area contributed by atoms with Crippen LogP contribution in [0.25, 0.3) is 0 Å². The highest BCUT2D eigenvalue weighted by molar-refractivity contribution is 7.99. The van der Waals surface area contributed by atoms with Crippen molar-refractivity contribution < 1.29 is 0 Å². The van der Waals surface area contributed by atoms with Gasteiger partial charge in [-0.25, -0.2) is 0 Å². The van der Waals surface area contributed by atoms with E-state index >= 15 is 0 Å². The van der Waals surface area contributed by atoms with Crippen LogP contribution in [0.15, 0.2) is 0 Å². The molecule has 1 atom stereocenters. The smallest absolute Gasteiger partial charge is 0.0322 e. The van der Waals surface area contributed by atoms with Gasteiger partial charge in [0.2, 0.25) is 0 Å². The second-order valence-corrected chi connectivity index (χ2v) is 5.28. The first-order valence-electron chi connectivity index (χ1n) is 5.28. The van der Waals surface area contributed by atoms with Crippen molar-refractivity contribution in [1.29, 1.82) is 0 Å². The van der Waals surface area contributed by atoms with E-state index in [0.717, 1.165) is 6.54 Å². The molecule has 13 heavy (non-hydrogen) atoms. The summed E-state index contributed by atoms with van der Waals surface area (Å²) in [6.07, 6.45) is 3.66. The highest BCUT2D eigenvalue weighted by atomic mass is 32.2. The highest BCUT2D eigenvalue weighted by Gasteiger charge is 2.31. The van der Waals surface area contributed by atoms with Crippen LogP contribution in [0.5, 0.6) is 0 Å². The Hall–Kier alpha value is 0.270. The van der Waals surface area contributed by atoms with Crippen LogP contribution >= 0.6 is 11.8 Å². The summed E-state index contributed by atoms with van der Waals surface area (Å²) in [5.74, 6) is 2.53. The normalized spacial score (nSPS) is 24.2. The van der Waals surface area contributed by atoms with Crippen LogP contribution < -0.4 is 11.1 Å². The molecule has 1 rings (SSSR count). The Morgan fingerprint density at radius 2 is 2.08 bits per heavy atom. The molecule has 1 unspecified atom stereocenters. The van der Waals surface area contributed by atoms with E-state index in [9.17, 15) is 0 Å². The summed E-state index contributed by atoms with van der Waals surface area (Å²) < 4.78 is 0. The van der Waals surface area contributed by atoms with Crippen LogP contribution in [-0.4, -0.2) is 29.6 Å². The molecule has 3 heteroatoms. The zero-order valence-corrected chi connectivity index (χ0v) is 9.62. The maximum Gasteiger partial charge on any atom is 0.0322 e. The van der Waals surface area contributed by atoms with Crippen LogP contribution in [0.1, 0.15) is 33.1 Å². The monoisotopic (exact) mass is 202 g/mol. The van der Waals surface area contributed by atoms with E-state index in [1.54, 1.807) is 0 Å². The van der Waals surface area contributed by atoms with Crippen LogP contribution in [0.2, 0.25) is 0 Å². The van der Waals surface area contributed by atoms with E-state index in [0.29, 0.717) is 6.04 Å². The number of thioether (sulfide) groups is 1. The molecule has 0 aromatic carbocycles. The maximum atomic E-state index is 5.87. The number of hydrogen-bond acceptors (Lipinski definition) is 3. The van der Waals surface area contributed by atoms with Crippen LogP contribution in [0.4, 0.5) is 0 Å². The fourth-order valence-corrected chi connectivity index (χ4v) is 3.07. The molecule has 2 nitrogen and oxygen atoms in total. The summed E-state index contributed by atoms with van der Waals surface area (Å²) in [6, 6.07) is 0.603. The van der Waals surface area contributed by atoms with Gasteiger partial charge in [0.15, 0.2) is 0 Å². The molecule has 1 aliphatic heterocycles. The first-order valence-corrected chi connectivity index (χ1v) is 6.43. The lowest BCUT2D eigenvalue weighted by atomic mass is 9.91. The standard InChI is InChI=1S/C10H22N2S/c1-3-9(2)12-10(8-11)4-6-13-7-5-10/h9,12H,3-8,11H2,1-2H3. The SMILES string of the molecule is CCC(C)NC1(CN)CCSCC1. The third kappa shape index (κ3) is 3.15.